The molecule has 166 valence electrons. The molecule has 2 aromatic rings. The van der Waals surface area contributed by atoms with Crippen LogP contribution < -0.4 is 5.32 Å². The van der Waals surface area contributed by atoms with Crippen LogP contribution in [0.2, 0.25) is 5.15 Å². The average molecular weight is 444 g/mol. The number of hydrogen-bond donors (Lipinski definition) is 1. The number of nitrogens with zero attached hydrogens (tertiary/aromatic N) is 2. The number of halogens is 1. The van der Waals surface area contributed by atoms with Gasteiger partial charge >= 0.3 is 5.97 Å². The number of benzene rings is 1. The molecule has 4 unspecified atom stereocenters. The summed E-state index contributed by atoms with van der Waals surface area (Å²) in [6, 6.07) is 8.14. The Balaban J connectivity index is 1.32. The lowest BCUT2D eigenvalue weighted by Gasteiger charge is -2.28. The van der Waals surface area contributed by atoms with Crippen LogP contribution in [0.25, 0.3) is 0 Å². The van der Waals surface area contributed by atoms with Crippen molar-refractivity contribution in [1.29, 1.82) is 0 Å². The van der Waals surface area contributed by atoms with E-state index in [0.717, 1.165) is 17.4 Å². The van der Waals surface area contributed by atoms with Crippen LogP contribution in [0.15, 0.2) is 24.3 Å². The summed E-state index contributed by atoms with van der Waals surface area (Å²) in [7, 11) is 0. The van der Waals surface area contributed by atoms with Crippen molar-refractivity contribution < 1.29 is 14.3 Å². The van der Waals surface area contributed by atoms with Gasteiger partial charge in [-0.25, -0.2) is 9.48 Å². The van der Waals surface area contributed by atoms with Crippen molar-refractivity contribution in [2.45, 2.75) is 59.0 Å². The monoisotopic (exact) mass is 443 g/mol. The van der Waals surface area contributed by atoms with Gasteiger partial charge in [0.1, 0.15) is 10.7 Å². The smallest absolute Gasteiger partial charge is 0.343 e. The highest BCUT2D eigenvalue weighted by Gasteiger charge is 2.42. The second kappa shape index (κ2) is 9.03. The number of fused-ring (bicyclic) bond motifs is 2. The third-order valence-electron chi connectivity index (χ3n) is 6.88. The van der Waals surface area contributed by atoms with E-state index in [1.54, 1.807) is 11.6 Å². The molecule has 1 N–H and O–H groups in total. The standard InChI is InChI=1S/C24H30ClN3O3/c1-14-4-6-17(7-5-14)12-28-23(25)22(16(3)27-28)24(30)31-13-21(29)26-15(2)20-11-18-8-9-19(20)10-18/h4-7,15,18-20H,8-13H2,1-3H3,(H,26,29). The van der Waals surface area contributed by atoms with Crippen molar-refractivity contribution in [2.24, 2.45) is 17.8 Å². The van der Waals surface area contributed by atoms with Gasteiger partial charge in [0.25, 0.3) is 5.91 Å². The topological polar surface area (TPSA) is 73.2 Å². The molecule has 0 aliphatic heterocycles. The van der Waals surface area contributed by atoms with Crippen LogP contribution in [0.5, 0.6) is 0 Å². The maximum absolute atomic E-state index is 12.6. The number of carbonyl (C=O) groups excluding carboxylic acids is 2. The lowest BCUT2D eigenvalue weighted by molar-refractivity contribution is -0.125. The summed E-state index contributed by atoms with van der Waals surface area (Å²) in [4.78, 5) is 25.0. The van der Waals surface area contributed by atoms with Gasteiger partial charge in [0.15, 0.2) is 6.61 Å². The van der Waals surface area contributed by atoms with Crippen LogP contribution >= 0.6 is 11.6 Å². The lowest BCUT2D eigenvalue weighted by Crippen LogP contribution is -2.42. The van der Waals surface area contributed by atoms with Crippen molar-refractivity contribution >= 4 is 23.5 Å². The zero-order valence-electron chi connectivity index (χ0n) is 18.4. The molecule has 6 nitrogen and oxygen atoms in total. The lowest BCUT2D eigenvalue weighted by atomic mass is 9.84. The molecule has 2 aliphatic carbocycles. The number of ether oxygens (including phenoxy) is 1. The van der Waals surface area contributed by atoms with Gasteiger partial charge in [-0.2, -0.15) is 5.10 Å². The fraction of sp³-hybridized carbons (Fsp3) is 0.542. The summed E-state index contributed by atoms with van der Waals surface area (Å²) < 4.78 is 6.85. The van der Waals surface area contributed by atoms with Gasteiger partial charge in [0, 0.05) is 6.04 Å². The first kappa shape index (κ1) is 21.9. The average Bonchev–Trinajstić information content (AvgIpc) is 3.43. The van der Waals surface area contributed by atoms with Gasteiger partial charge in [-0.1, -0.05) is 47.9 Å². The van der Waals surface area contributed by atoms with E-state index in [1.807, 2.05) is 31.2 Å². The molecule has 2 saturated carbocycles. The van der Waals surface area contributed by atoms with E-state index in [1.165, 1.54) is 31.2 Å². The Labute approximate surface area is 188 Å². The molecule has 1 heterocycles. The van der Waals surface area contributed by atoms with E-state index in [0.29, 0.717) is 18.2 Å². The normalized spacial score (nSPS) is 23.0. The highest BCUT2D eigenvalue weighted by Crippen LogP contribution is 2.49. The summed E-state index contributed by atoms with van der Waals surface area (Å²) >= 11 is 6.43. The number of aromatic nitrogens is 2. The molecule has 0 saturated heterocycles. The largest absolute Gasteiger partial charge is 0.452 e. The Kier molecular flexibility index (Phi) is 6.37. The minimum atomic E-state index is -0.625. The Morgan fingerprint density at radius 1 is 1.23 bits per heavy atom. The quantitative estimate of drug-likeness (QED) is 0.647. The number of carbonyl (C=O) groups is 2. The first-order chi connectivity index (χ1) is 14.8. The SMILES string of the molecule is Cc1ccc(Cn2nc(C)c(C(=O)OCC(=O)NC(C)C3CC4CCC3C4)c2Cl)cc1. The van der Waals surface area contributed by atoms with Gasteiger partial charge in [-0.05, 0) is 63.4 Å². The molecule has 0 radical (unpaired) electrons. The molecule has 2 bridgehead atoms. The third-order valence-corrected chi connectivity index (χ3v) is 7.26. The molecule has 0 spiro atoms. The van der Waals surface area contributed by atoms with Crippen molar-refractivity contribution in [3.63, 3.8) is 0 Å². The van der Waals surface area contributed by atoms with E-state index in [2.05, 4.69) is 17.3 Å². The summed E-state index contributed by atoms with van der Waals surface area (Å²) in [6.07, 6.45) is 5.09. The first-order valence-corrected chi connectivity index (χ1v) is 11.4. The number of rotatable bonds is 7. The summed E-state index contributed by atoms with van der Waals surface area (Å²) in [5.74, 6) is 1.19. The van der Waals surface area contributed by atoms with Gasteiger partial charge in [0.05, 0.1) is 12.2 Å². The fourth-order valence-corrected chi connectivity index (χ4v) is 5.58. The minimum Gasteiger partial charge on any atom is -0.452 e. The number of amides is 1. The predicted molar refractivity (Wildman–Crippen MR) is 119 cm³/mol. The van der Waals surface area contributed by atoms with Crippen LogP contribution in [0, 0.1) is 31.6 Å². The first-order valence-electron chi connectivity index (χ1n) is 11.1. The Morgan fingerprint density at radius 3 is 2.61 bits per heavy atom. The second-order valence-corrected chi connectivity index (χ2v) is 9.52. The zero-order valence-corrected chi connectivity index (χ0v) is 19.1. The molecule has 4 atom stereocenters. The van der Waals surface area contributed by atoms with E-state index in [-0.39, 0.29) is 29.3 Å². The van der Waals surface area contributed by atoms with E-state index in [9.17, 15) is 9.59 Å². The van der Waals surface area contributed by atoms with Crippen molar-refractivity contribution in [3.05, 3.63) is 51.8 Å². The van der Waals surface area contributed by atoms with Crippen LogP contribution in [-0.4, -0.2) is 34.3 Å². The summed E-state index contributed by atoms with van der Waals surface area (Å²) in [5, 5.41) is 7.62. The van der Waals surface area contributed by atoms with Gasteiger partial charge in [-0.15, -0.1) is 0 Å². The molecule has 1 aromatic heterocycles. The Morgan fingerprint density at radius 2 is 1.97 bits per heavy atom. The molecule has 31 heavy (non-hydrogen) atoms. The number of aryl methyl sites for hydroxylation is 2. The molecule has 4 rings (SSSR count). The summed E-state index contributed by atoms with van der Waals surface area (Å²) in [6.45, 7) is 5.93. The number of esters is 1. The summed E-state index contributed by atoms with van der Waals surface area (Å²) in [5.41, 5.74) is 2.90. The Hall–Kier alpha value is -2.34. The maximum atomic E-state index is 12.6. The fourth-order valence-electron chi connectivity index (χ4n) is 5.27. The van der Waals surface area contributed by atoms with Gasteiger partial charge in [0.2, 0.25) is 0 Å². The predicted octanol–water partition coefficient (Wildman–Crippen LogP) is 4.30. The number of hydrogen-bond acceptors (Lipinski definition) is 4. The molecule has 2 aliphatic rings. The van der Waals surface area contributed by atoms with Crippen LogP contribution in [0.1, 0.15) is 59.8 Å². The highest BCUT2D eigenvalue weighted by molar-refractivity contribution is 6.32. The van der Waals surface area contributed by atoms with Crippen molar-refractivity contribution in [2.75, 3.05) is 6.61 Å². The molecule has 7 heteroatoms. The highest BCUT2D eigenvalue weighted by atomic mass is 35.5. The second-order valence-electron chi connectivity index (χ2n) is 9.17. The van der Waals surface area contributed by atoms with Crippen LogP contribution in [0.4, 0.5) is 0 Å². The molecular weight excluding hydrogens is 414 g/mol. The zero-order chi connectivity index (χ0) is 22.1. The van der Waals surface area contributed by atoms with E-state index < -0.39 is 5.97 Å². The van der Waals surface area contributed by atoms with Crippen molar-refractivity contribution in [3.8, 4) is 0 Å². The number of nitrogens with one attached hydrogen (secondary N) is 1. The maximum Gasteiger partial charge on any atom is 0.343 e. The van der Waals surface area contributed by atoms with Crippen LogP contribution in [-0.2, 0) is 16.1 Å². The van der Waals surface area contributed by atoms with Crippen LogP contribution in [0.3, 0.4) is 0 Å². The Bertz CT molecular complexity index is 969. The van der Waals surface area contributed by atoms with Gasteiger partial charge in [-0.3, -0.25) is 4.79 Å². The molecule has 1 amide bonds. The minimum absolute atomic E-state index is 0.101. The van der Waals surface area contributed by atoms with E-state index in [4.69, 9.17) is 16.3 Å². The molecule has 2 fully saturated rings. The molecular formula is C24H30ClN3O3. The van der Waals surface area contributed by atoms with Crippen molar-refractivity contribution in [1.82, 2.24) is 15.1 Å². The van der Waals surface area contributed by atoms with E-state index >= 15 is 0 Å². The molecule has 1 aromatic carbocycles. The van der Waals surface area contributed by atoms with Gasteiger partial charge < -0.3 is 10.1 Å². The third kappa shape index (κ3) is 4.79.